The summed E-state index contributed by atoms with van der Waals surface area (Å²) >= 11 is 0. The number of benzene rings is 2. The van der Waals surface area contributed by atoms with Crippen molar-refractivity contribution in [3.63, 3.8) is 0 Å². The van der Waals surface area contributed by atoms with E-state index in [-0.39, 0.29) is 11.8 Å². The molecule has 114 valence electrons. The number of rotatable bonds is 5. The molecule has 0 aliphatic carbocycles. The van der Waals surface area contributed by atoms with E-state index in [1.165, 1.54) is 6.92 Å². The van der Waals surface area contributed by atoms with Crippen molar-refractivity contribution < 1.29 is 14.3 Å². The van der Waals surface area contributed by atoms with Crippen LogP contribution in [-0.2, 0) is 9.59 Å². The quantitative estimate of drug-likeness (QED) is 0.892. The molecule has 2 aromatic carbocycles. The highest BCUT2D eigenvalue weighted by molar-refractivity contribution is 5.96. The lowest BCUT2D eigenvalue weighted by molar-refractivity contribution is -0.124. The fourth-order valence-electron chi connectivity index (χ4n) is 1.85. The number of carbonyl (C=O) groups is 2. The zero-order valence-electron chi connectivity index (χ0n) is 12.5. The van der Waals surface area contributed by atoms with Crippen LogP contribution in [0, 0.1) is 0 Å². The topological polar surface area (TPSA) is 67.4 Å². The molecule has 0 heterocycles. The van der Waals surface area contributed by atoms with Crippen LogP contribution in [0.1, 0.15) is 13.8 Å². The standard InChI is InChI=1S/C17H18N2O3/c1-12(18-13(2)20)17(21)19-14-8-10-16(11-9-14)22-15-6-4-3-5-7-15/h3-12H,1-2H3,(H,18,20)(H,19,21). The third kappa shape index (κ3) is 4.63. The van der Waals surface area contributed by atoms with E-state index in [0.717, 1.165) is 5.75 Å². The third-order valence-electron chi connectivity index (χ3n) is 2.91. The lowest BCUT2D eigenvalue weighted by Crippen LogP contribution is -2.40. The molecular weight excluding hydrogens is 280 g/mol. The van der Waals surface area contributed by atoms with Crippen molar-refractivity contribution in [1.82, 2.24) is 5.32 Å². The van der Waals surface area contributed by atoms with Crippen LogP contribution in [0.3, 0.4) is 0 Å². The Labute approximate surface area is 129 Å². The Kier molecular flexibility index (Phi) is 5.14. The van der Waals surface area contributed by atoms with E-state index in [1.54, 1.807) is 31.2 Å². The maximum absolute atomic E-state index is 11.9. The first-order valence-corrected chi connectivity index (χ1v) is 6.95. The van der Waals surface area contributed by atoms with Gasteiger partial charge in [-0.05, 0) is 43.3 Å². The summed E-state index contributed by atoms with van der Waals surface area (Å²) in [6.45, 7) is 3.00. The molecule has 2 N–H and O–H groups in total. The Morgan fingerprint density at radius 1 is 0.955 bits per heavy atom. The molecule has 0 fully saturated rings. The SMILES string of the molecule is CC(=O)NC(C)C(=O)Nc1ccc(Oc2ccccc2)cc1. The molecule has 2 aromatic rings. The first-order valence-electron chi connectivity index (χ1n) is 6.95. The number of carbonyl (C=O) groups excluding carboxylic acids is 2. The second-order valence-electron chi connectivity index (χ2n) is 4.85. The summed E-state index contributed by atoms with van der Waals surface area (Å²) in [6.07, 6.45) is 0. The number of hydrogen-bond donors (Lipinski definition) is 2. The zero-order valence-corrected chi connectivity index (χ0v) is 12.5. The Hall–Kier alpha value is -2.82. The smallest absolute Gasteiger partial charge is 0.246 e. The minimum absolute atomic E-state index is 0.241. The van der Waals surface area contributed by atoms with E-state index in [2.05, 4.69) is 10.6 Å². The highest BCUT2D eigenvalue weighted by Gasteiger charge is 2.13. The summed E-state index contributed by atoms with van der Waals surface area (Å²) < 4.78 is 5.67. The maximum Gasteiger partial charge on any atom is 0.246 e. The van der Waals surface area contributed by atoms with Gasteiger partial charge in [-0.3, -0.25) is 9.59 Å². The molecule has 5 nitrogen and oxygen atoms in total. The van der Waals surface area contributed by atoms with Gasteiger partial charge in [-0.25, -0.2) is 0 Å². The Bertz CT molecular complexity index is 639. The van der Waals surface area contributed by atoms with Crippen LogP contribution in [-0.4, -0.2) is 17.9 Å². The normalized spacial score (nSPS) is 11.4. The van der Waals surface area contributed by atoms with Crippen molar-refractivity contribution in [2.24, 2.45) is 0 Å². The van der Waals surface area contributed by atoms with Gasteiger partial charge in [0.05, 0.1) is 0 Å². The van der Waals surface area contributed by atoms with E-state index in [0.29, 0.717) is 11.4 Å². The predicted molar refractivity (Wildman–Crippen MR) is 84.9 cm³/mol. The molecule has 22 heavy (non-hydrogen) atoms. The van der Waals surface area contributed by atoms with Gasteiger partial charge in [0.25, 0.3) is 0 Å². The number of para-hydroxylation sites is 1. The maximum atomic E-state index is 11.9. The fraction of sp³-hybridized carbons (Fsp3) is 0.176. The van der Waals surface area contributed by atoms with Gasteiger partial charge in [0, 0.05) is 12.6 Å². The molecule has 0 spiro atoms. The Balaban J connectivity index is 1.94. The Morgan fingerprint density at radius 3 is 2.14 bits per heavy atom. The molecule has 0 aromatic heterocycles. The average Bonchev–Trinajstić information content (AvgIpc) is 2.49. The summed E-state index contributed by atoms with van der Waals surface area (Å²) in [5, 5.41) is 5.26. The van der Waals surface area contributed by atoms with Gasteiger partial charge >= 0.3 is 0 Å². The molecular formula is C17H18N2O3. The first-order chi connectivity index (χ1) is 10.5. The molecule has 0 saturated carbocycles. The second kappa shape index (κ2) is 7.26. The van der Waals surface area contributed by atoms with Crippen LogP contribution < -0.4 is 15.4 Å². The summed E-state index contributed by atoms with van der Waals surface area (Å²) in [7, 11) is 0. The molecule has 0 aliphatic heterocycles. The highest BCUT2D eigenvalue weighted by atomic mass is 16.5. The van der Waals surface area contributed by atoms with Crippen LogP contribution in [0.25, 0.3) is 0 Å². The second-order valence-corrected chi connectivity index (χ2v) is 4.85. The molecule has 2 rings (SSSR count). The van der Waals surface area contributed by atoms with Crippen molar-refractivity contribution in [3.8, 4) is 11.5 Å². The van der Waals surface area contributed by atoms with E-state index in [1.807, 2.05) is 30.3 Å². The monoisotopic (exact) mass is 298 g/mol. The van der Waals surface area contributed by atoms with Gasteiger partial charge in [-0.2, -0.15) is 0 Å². The number of nitrogens with one attached hydrogen (secondary N) is 2. The van der Waals surface area contributed by atoms with Crippen molar-refractivity contribution in [2.75, 3.05) is 5.32 Å². The summed E-state index contributed by atoms with van der Waals surface area (Å²) in [6, 6.07) is 15.9. The van der Waals surface area contributed by atoms with Gasteiger partial charge in [0.1, 0.15) is 17.5 Å². The van der Waals surface area contributed by atoms with E-state index < -0.39 is 6.04 Å². The molecule has 0 saturated heterocycles. The van der Waals surface area contributed by atoms with Crippen LogP contribution in [0.5, 0.6) is 11.5 Å². The lowest BCUT2D eigenvalue weighted by Gasteiger charge is -2.13. The summed E-state index contributed by atoms with van der Waals surface area (Å²) in [5.41, 5.74) is 0.641. The first kappa shape index (κ1) is 15.6. The fourth-order valence-corrected chi connectivity index (χ4v) is 1.85. The number of hydrogen-bond acceptors (Lipinski definition) is 3. The number of anilines is 1. The summed E-state index contributed by atoms with van der Waals surface area (Å²) in [4.78, 5) is 22.8. The molecule has 5 heteroatoms. The van der Waals surface area contributed by atoms with E-state index in [4.69, 9.17) is 4.74 Å². The van der Waals surface area contributed by atoms with Crippen LogP contribution in [0.15, 0.2) is 54.6 Å². The number of amides is 2. The minimum Gasteiger partial charge on any atom is -0.457 e. The zero-order chi connectivity index (χ0) is 15.9. The van der Waals surface area contributed by atoms with Crippen LogP contribution in [0.4, 0.5) is 5.69 Å². The lowest BCUT2D eigenvalue weighted by atomic mass is 10.2. The largest absolute Gasteiger partial charge is 0.457 e. The summed E-state index contributed by atoms with van der Waals surface area (Å²) in [5.74, 6) is 0.916. The van der Waals surface area contributed by atoms with Gasteiger partial charge in [-0.15, -0.1) is 0 Å². The van der Waals surface area contributed by atoms with Gasteiger partial charge in [0.15, 0.2) is 0 Å². The van der Waals surface area contributed by atoms with Crippen LogP contribution >= 0.6 is 0 Å². The van der Waals surface area contributed by atoms with E-state index >= 15 is 0 Å². The molecule has 1 atom stereocenters. The Morgan fingerprint density at radius 2 is 1.55 bits per heavy atom. The molecule has 2 amide bonds. The third-order valence-corrected chi connectivity index (χ3v) is 2.91. The van der Waals surface area contributed by atoms with Gasteiger partial charge in [0.2, 0.25) is 11.8 Å². The van der Waals surface area contributed by atoms with Crippen LogP contribution in [0.2, 0.25) is 0 Å². The minimum atomic E-state index is -0.585. The van der Waals surface area contributed by atoms with Gasteiger partial charge in [-0.1, -0.05) is 18.2 Å². The highest BCUT2D eigenvalue weighted by Crippen LogP contribution is 2.22. The van der Waals surface area contributed by atoms with Gasteiger partial charge < -0.3 is 15.4 Å². The molecule has 0 aliphatic rings. The van der Waals surface area contributed by atoms with Crippen molar-refractivity contribution in [2.45, 2.75) is 19.9 Å². The molecule has 1 unspecified atom stereocenters. The van der Waals surface area contributed by atoms with Crippen molar-refractivity contribution >= 4 is 17.5 Å². The van der Waals surface area contributed by atoms with Crippen molar-refractivity contribution in [1.29, 1.82) is 0 Å². The van der Waals surface area contributed by atoms with E-state index in [9.17, 15) is 9.59 Å². The average molecular weight is 298 g/mol. The molecule has 0 bridgehead atoms. The molecule has 0 radical (unpaired) electrons. The predicted octanol–water partition coefficient (Wildman–Crippen LogP) is 2.94. The number of ether oxygens (including phenoxy) is 1. The van der Waals surface area contributed by atoms with Crippen molar-refractivity contribution in [3.05, 3.63) is 54.6 Å².